The van der Waals surface area contributed by atoms with E-state index in [9.17, 15) is 0 Å². The molecular weight excluding hydrogens is 166 g/mol. The van der Waals surface area contributed by atoms with Crippen molar-refractivity contribution >= 4 is 0 Å². The number of hydrogen-bond acceptors (Lipinski definition) is 4. The molecule has 1 saturated heterocycles. The average Bonchev–Trinajstić information content (AvgIpc) is 2.06. The molecule has 0 bridgehead atoms. The van der Waals surface area contributed by atoms with E-state index in [2.05, 4.69) is 15.3 Å². The van der Waals surface area contributed by atoms with E-state index >= 15 is 0 Å². The van der Waals surface area contributed by atoms with Crippen molar-refractivity contribution in [3.63, 3.8) is 0 Å². The maximum Gasteiger partial charge on any atom is 0.155 e. The van der Waals surface area contributed by atoms with Gasteiger partial charge in [-0.05, 0) is 6.92 Å². The molecule has 2 heterocycles. The van der Waals surface area contributed by atoms with Crippen LogP contribution < -0.4 is 10.1 Å². The number of aromatic nitrogens is 2. The Morgan fingerprint density at radius 2 is 2.15 bits per heavy atom. The van der Waals surface area contributed by atoms with Crippen LogP contribution in [0.4, 0.5) is 0 Å². The smallest absolute Gasteiger partial charge is 0.155 e. The lowest BCUT2D eigenvalue weighted by Gasteiger charge is -2.25. The van der Waals surface area contributed by atoms with Crippen LogP contribution in [0.1, 0.15) is 18.7 Å². The molecule has 1 aromatic rings. The molecule has 0 saturated carbocycles. The molecule has 0 unspecified atom stereocenters. The minimum Gasteiger partial charge on any atom is -0.491 e. The van der Waals surface area contributed by atoms with Crippen LogP contribution in [-0.4, -0.2) is 29.7 Å². The largest absolute Gasteiger partial charge is 0.491 e. The van der Waals surface area contributed by atoms with Crippen LogP contribution in [0.3, 0.4) is 0 Å². The third kappa shape index (κ3) is 1.78. The molecule has 70 valence electrons. The van der Waals surface area contributed by atoms with Gasteiger partial charge in [0, 0.05) is 19.0 Å². The van der Waals surface area contributed by atoms with Crippen molar-refractivity contribution in [2.75, 3.05) is 19.7 Å². The predicted molar refractivity (Wildman–Crippen MR) is 48.8 cm³/mol. The SMILES string of the molecule is CCOc1cnc(C2CNC2)nc1. The van der Waals surface area contributed by atoms with Crippen molar-refractivity contribution in [1.29, 1.82) is 0 Å². The Labute approximate surface area is 77.4 Å². The summed E-state index contributed by atoms with van der Waals surface area (Å²) in [7, 11) is 0. The first kappa shape index (κ1) is 8.44. The van der Waals surface area contributed by atoms with Crippen LogP contribution in [-0.2, 0) is 0 Å². The molecule has 0 amide bonds. The fourth-order valence-corrected chi connectivity index (χ4v) is 1.25. The number of ether oxygens (including phenoxy) is 1. The first-order valence-corrected chi connectivity index (χ1v) is 4.55. The highest BCUT2D eigenvalue weighted by molar-refractivity contribution is 5.15. The lowest BCUT2D eigenvalue weighted by Crippen LogP contribution is -2.40. The van der Waals surface area contributed by atoms with Crippen molar-refractivity contribution in [2.24, 2.45) is 0 Å². The van der Waals surface area contributed by atoms with Crippen LogP contribution in [0.15, 0.2) is 12.4 Å². The molecule has 1 aliphatic rings. The summed E-state index contributed by atoms with van der Waals surface area (Å²) < 4.78 is 5.25. The molecule has 1 aliphatic heterocycles. The van der Waals surface area contributed by atoms with Crippen molar-refractivity contribution in [1.82, 2.24) is 15.3 Å². The van der Waals surface area contributed by atoms with Crippen LogP contribution >= 0.6 is 0 Å². The molecule has 2 rings (SSSR count). The summed E-state index contributed by atoms with van der Waals surface area (Å²) in [5.74, 6) is 2.16. The second kappa shape index (κ2) is 3.70. The van der Waals surface area contributed by atoms with Crippen LogP contribution in [0.25, 0.3) is 0 Å². The third-order valence-electron chi connectivity index (χ3n) is 2.11. The van der Waals surface area contributed by atoms with E-state index in [1.165, 1.54) is 0 Å². The van der Waals surface area contributed by atoms with Crippen LogP contribution in [0.2, 0.25) is 0 Å². The quantitative estimate of drug-likeness (QED) is 0.736. The van der Waals surface area contributed by atoms with Gasteiger partial charge in [-0.15, -0.1) is 0 Å². The Hall–Kier alpha value is -1.16. The molecule has 1 N–H and O–H groups in total. The van der Waals surface area contributed by atoms with E-state index in [0.29, 0.717) is 12.5 Å². The van der Waals surface area contributed by atoms with Gasteiger partial charge in [-0.25, -0.2) is 9.97 Å². The minimum atomic E-state index is 0.496. The molecule has 13 heavy (non-hydrogen) atoms. The molecular formula is C9H13N3O. The van der Waals surface area contributed by atoms with Gasteiger partial charge in [0.25, 0.3) is 0 Å². The Morgan fingerprint density at radius 3 is 2.62 bits per heavy atom. The van der Waals surface area contributed by atoms with Gasteiger partial charge in [-0.2, -0.15) is 0 Å². The Bertz CT molecular complexity index is 269. The summed E-state index contributed by atoms with van der Waals surface area (Å²) in [6, 6.07) is 0. The second-order valence-corrected chi connectivity index (χ2v) is 3.07. The molecule has 4 heteroatoms. The molecule has 0 radical (unpaired) electrons. The van der Waals surface area contributed by atoms with Gasteiger partial charge in [0.15, 0.2) is 5.75 Å². The maximum absolute atomic E-state index is 5.25. The second-order valence-electron chi connectivity index (χ2n) is 3.07. The van der Waals surface area contributed by atoms with E-state index in [1.807, 2.05) is 6.92 Å². The van der Waals surface area contributed by atoms with Crippen LogP contribution in [0.5, 0.6) is 5.75 Å². The van der Waals surface area contributed by atoms with E-state index in [1.54, 1.807) is 12.4 Å². The predicted octanol–water partition coefficient (Wildman–Crippen LogP) is 0.562. The van der Waals surface area contributed by atoms with Gasteiger partial charge in [-0.1, -0.05) is 0 Å². The topological polar surface area (TPSA) is 47.0 Å². The Kier molecular flexibility index (Phi) is 2.40. The maximum atomic E-state index is 5.25. The van der Waals surface area contributed by atoms with Gasteiger partial charge >= 0.3 is 0 Å². The van der Waals surface area contributed by atoms with Crippen molar-refractivity contribution in [2.45, 2.75) is 12.8 Å². The molecule has 0 atom stereocenters. The number of hydrogen-bond donors (Lipinski definition) is 1. The Balaban J connectivity index is 2.04. The van der Waals surface area contributed by atoms with Gasteiger partial charge in [0.05, 0.1) is 19.0 Å². The van der Waals surface area contributed by atoms with Gasteiger partial charge in [-0.3, -0.25) is 0 Å². The zero-order valence-electron chi connectivity index (χ0n) is 7.66. The summed E-state index contributed by atoms with van der Waals surface area (Å²) in [5.41, 5.74) is 0. The zero-order valence-corrected chi connectivity index (χ0v) is 7.66. The fourth-order valence-electron chi connectivity index (χ4n) is 1.25. The summed E-state index contributed by atoms with van der Waals surface area (Å²) in [6.07, 6.45) is 3.48. The summed E-state index contributed by atoms with van der Waals surface area (Å²) in [4.78, 5) is 8.49. The monoisotopic (exact) mass is 179 g/mol. The third-order valence-corrected chi connectivity index (χ3v) is 2.11. The highest BCUT2D eigenvalue weighted by Crippen LogP contribution is 2.16. The number of nitrogens with zero attached hydrogens (tertiary/aromatic N) is 2. The molecule has 1 aromatic heterocycles. The first-order chi connectivity index (χ1) is 6.40. The van der Waals surface area contributed by atoms with E-state index in [0.717, 1.165) is 24.7 Å². The van der Waals surface area contributed by atoms with Crippen LogP contribution in [0, 0.1) is 0 Å². The van der Waals surface area contributed by atoms with Crippen molar-refractivity contribution < 1.29 is 4.74 Å². The molecule has 0 aromatic carbocycles. The average molecular weight is 179 g/mol. The summed E-state index contributed by atoms with van der Waals surface area (Å²) in [5, 5.41) is 3.19. The first-order valence-electron chi connectivity index (χ1n) is 4.55. The highest BCUT2D eigenvalue weighted by atomic mass is 16.5. The zero-order chi connectivity index (χ0) is 9.10. The lowest BCUT2D eigenvalue weighted by atomic mass is 10.0. The van der Waals surface area contributed by atoms with Gasteiger partial charge in [0.1, 0.15) is 5.82 Å². The molecule has 0 aliphatic carbocycles. The molecule has 1 fully saturated rings. The summed E-state index contributed by atoms with van der Waals surface area (Å²) in [6.45, 7) is 4.60. The number of rotatable bonds is 3. The summed E-state index contributed by atoms with van der Waals surface area (Å²) >= 11 is 0. The standard InChI is InChI=1S/C9H13N3O/c1-2-13-8-5-11-9(12-6-8)7-3-10-4-7/h5-7,10H,2-4H2,1H3. The van der Waals surface area contributed by atoms with Crippen molar-refractivity contribution in [3.05, 3.63) is 18.2 Å². The van der Waals surface area contributed by atoms with Gasteiger partial charge < -0.3 is 10.1 Å². The fraction of sp³-hybridized carbons (Fsp3) is 0.556. The highest BCUT2D eigenvalue weighted by Gasteiger charge is 2.21. The van der Waals surface area contributed by atoms with E-state index in [4.69, 9.17) is 4.74 Å². The van der Waals surface area contributed by atoms with Crippen molar-refractivity contribution in [3.8, 4) is 5.75 Å². The minimum absolute atomic E-state index is 0.496. The number of nitrogens with one attached hydrogen (secondary N) is 1. The van der Waals surface area contributed by atoms with Gasteiger partial charge in [0.2, 0.25) is 0 Å². The molecule has 0 spiro atoms. The molecule has 4 nitrogen and oxygen atoms in total. The van der Waals surface area contributed by atoms with E-state index < -0.39 is 0 Å². The Morgan fingerprint density at radius 1 is 1.46 bits per heavy atom. The normalized spacial score (nSPS) is 16.7. The van der Waals surface area contributed by atoms with E-state index in [-0.39, 0.29) is 0 Å². The lowest BCUT2D eigenvalue weighted by molar-refractivity contribution is 0.335.